The second-order valence-electron chi connectivity index (χ2n) is 6.17. The number of carbonyl (C=O) groups excluding carboxylic acids is 1. The van der Waals surface area contributed by atoms with Crippen LogP contribution in [0.1, 0.15) is 24.2 Å². The molecule has 4 nitrogen and oxygen atoms in total. The fourth-order valence-electron chi connectivity index (χ4n) is 2.38. The molecule has 128 valence electrons. The molecule has 0 N–H and O–H groups in total. The highest BCUT2D eigenvalue weighted by atomic mass is 19.1. The van der Waals surface area contributed by atoms with Gasteiger partial charge < -0.3 is 4.74 Å². The molecule has 25 heavy (non-hydrogen) atoms. The summed E-state index contributed by atoms with van der Waals surface area (Å²) in [7, 11) is 0. The molecule has 1 heterocycles. The van der Waals surface area contributed by atoms with E-state index in [2.05, 4.69) is 5.10 Å². The number of carbonyl (C=O) groups is 1. The Morgan fingerprint density at radius 2 is 1.80 bits per heavy atom. The van der Waals surface area contributed by atoms with E-state index in [0.717, 1.165) is 5.69 Å². The van der Waals surface area contributed by atoms with Crippen LogP contribution < -0.4 is 0 Å². The third-order valence-corrected chi connectivity index (χ3v) is 3.62. The van der Waals surface area contributed by atoms with Crippen molar-refractivity contribution in [3.63, 3.8) is 0 Å². The Morgan fingerprint density at radius 3 is 2.44 bits per heavy atom. The van der Waals surface area contributed by atoms with Crippen molar-refractivity contribution in [3.8, 4) is 16.9 Å². The van der Waals surface area contributed by atoms with Crippen LogP contribution in [0.5, 0.6) is 0 Å². The molecule has 0 fully saturated rings. The molecule has 0 atom stereocenters. The molecule has 0 bridgehead atoms. The molecular formula is C20H19FN2O2. The lowest BCUT2D eigenvalue weighted by Gasteiger charge is -2.07. The van der Waals surface area contributed by atoms with E-state index in [4.69, 9.17) is 4.74 Å². The quantitative estimate of drug-likeness (QED) is 0.644. The van der Waals surface area contributed by atoms with Crippen molar-refractivity contribution in [1.29, 1.82) is 0 Å². The van der Waals surface area contributed by atoms with Crippen LogP contribution in [-0.2, 0) is 4.74 Å². The van der Waals surface area contributed by atoms with Gasteiger partial charge in [-0.1, -0.05) is 32.0 Å². The predicted octanol–water partition coefficient (Wildman–Crippen LogP) is 4.49. The molecular weight excluding hydrogens is 319 g/mol. The summed E-state index contributed by atoms with van der Waals surface area (Å²) in [5, 5.41) is 4.52. The minimum atomic E-state index is -0.435. The zero-order valence-electron chi connectivity index (χ0n) is 14.1. The Balaban J connectivity index is 2.03. The van der Waals surface area contributed by atoms with Gasteiger partial charge in [0.05, 0.1) is 12.3 Å². The largest absolute Gasteiger partial charge is 0.462 e. The number of para-hydroxylation sites is 1. The standard InChI is InChI=1S/C20H19FN2O2/c1-14(2)13-25-20(24)18-12-23(17-6-4-3-5-7-17)22-19(18)15-8-10-16(21)11-9-15/h3-12,14H,13H2,1-2H3. The lowest BCUT2D eigenvalue weighted by atomic mass is 10.1. The van der Waals surface area contributed by atoms with E-state index in [1.54, 1.807) is 23.0 Å². The van der Waals surface area contributed by atoms with Crippen molar-refractivity contribution in [2.24, 2.45) is 5.92 Å². The molecule has 5 heteroatoms. The zero-order chi connectivity index (χ0) is 17.8. The maximum Gasteiger partial charge on any atom is 0.342 e. The molecule has 0 radical (unpaired) electrons. The Kier molecular flexibility index (Phi) is 4.93. The van der Waals surface area contributed by atoms with E-state index in [9.17, 15) is 9.18 Å². The lowest BCUT2D eigenvalue weighted by Crippen LogP contribution is -2.10. The summed E-state index contributed by atoms with van der Waals surface area (Å²) < 4.78 is 20.2. The summed E-state index contributed by atoms with van der Waals surface area (Å²) in [6.45, 7) is 4.28. The SMILES string of the molecule is CC(C)COC(=O)c1cn(-c2ccccc2)nc1-c1ccc(F)cc1. The number of ether oxygens (including phenoxy) is 1. The van der Waals surface area contributed by atoms with Crippen molar-refractivity contribution in [3.05, 3.63) is 72.2 Å². The minimum absolute atomic E-state index is 0.238. The molecule has 1 aromatic heterocycles. The maximum absolute atomic E-state index is 13.2. The Hall–Kier alpha value is -2.95. The second kappa shape index (κ2) is 7.30. The van der Waals surface area contributed by atoms with Crippen molar-refractivity contribution in [1.82, 2.24) is 9.78 Å². The van der Waals surface area contributed by atoms with Crippen LogP contribution in [-0.4, -0.2) is 22.4 Å². The van der Waals surface area contributed by atoms with Crippen LogP contribution >= 0.6 is 0 Å². The molecule has 0 aliphatic rings. The first-order chi connectivity index (χ1) is 12.0. The van der Waals surface area contributed by atoms with Crippen LogP contribution in [0.2, 0.25) is 0 Å². The van der Waals surface area contributed by atoms with Gasteiger partial charge in [0.15, 0.2) is 0 Å². The van der Waals surface area contributed by atoms with E-state index in [1.165, 1.54) is 12.1 Å². The van der Waals surface area contributed by atoms with Gasteiger partial charge in [0.25, 0.3) is 0 Å². The highest BCUT2D eigenvalue weighted by Crippen LogP contribution is 2.25. The number of esters is 1. The number of benzene rings is 2. The Bertz CT molecular complexity index is 855. The van der Waals surface area contributed by atoms with Crippen molar-refractivity contribution in [2.75, 3.05) is 6.61 Å². The summed E-state index contributed by atoms with van der Waals surface area (Å²) in [5.74, 6) is -0.534. The number of rotatable bonds is 5. The third kappa shape index (κ3) is 3.94. The topological polar surface area (TPSA) is 44.1 Å². The maximum atomic E-state index is 13.2. The van der Waals surface area contributed by atoms with E-state index >= 15 is 0 Å². The second-order valence-corrected chi connectivity index (χ2v) is 6.17. The number of nitrogens with zero attached hydrogens (tertiary/aromatic N) is 2. The molecule has 3 aromatic rings. The van der Waals surface area contributed by atoms with Gasteiger partial charge in [-0.15, -0.1) is 0 Å². The van der Waals surface area contributed by atoms with Crippen LogP contribution in [0.15, 0.2) is 60.8 Å². The molecule has 3 rings (SSSR count). The summed E-state index contributed by atoms with van der Waals surface area (Å²) in [4.78, 5) is 12.5. The normalized spacial score (nSPS) is 10.9. The average Bonchev–Trinajstić information content (AvgIpc) is 3.06. The van der Waals surface area contributed by atoms with Gasteiger partial charge in [-0.25, -0.2) is 13.9 Å². The lowest BCUT2D eigenvalue weighted by molar-refractivity contribution is 0.0460. The van der Waals surface area contributed by atoms with Gasteiger partial charge in [-0.3, -0.25) is 0 Å². The van der Waals surface area contributed by atoms with Gasteiger partial charge >= 0.3 is 5.97 Å². The molecule has 0 aliphatic heterocycles. The van der Waals surface area contributed by atoms with E-state index in [0.29, 0.717) is 23.4 Å². The highest BCUT2D eigenvalue weighted by molar-refractivity contribution is 5.96. The third-order valence-electron chi connectivity index (χ3n) is 3.62. The van der Waals surface area contributed by atoms with Crippen LogP contribution in [0.3, 0.4) is 0 Å². The number of halogens is 1. The van der Waals surface area contributed by atoms with Gasteiger partial charge in [-0.2, -0.15) is 5.10 Å². The number of hydrogen-bond acceptors (Lipinski definition) is 3. The summed E-state index contributed by atoms with van der Waals surface area (Å²) >= 11 is 0. The Labute approximate surface area is 145 Å². The van der Waals surface area contributed by atoms with Crippen molar-refractivity contribution >= 4 is 5.97 Å². The van der Waals surface area contributed by atoms with E-state index < -0.39 is 5.97 Å². The molecule has 0 aliphatic carbocycles. The first kappa shape index (κ1) is 16.9. The van der Waals surface area contributed by atoms with Crippen molar-refractivity contribution in [2.45, 2.75) is 13.8 Å². The monoisotopic (exact) mass is 338 g/mol. The smallest absolute Gasteiger partial charge is 0.342 e. The summed E-state index contributed by atoms with van der Waals surface area (Å²) in [6.07, 6.45) is 1.65. The van der Waals surface area contributed by atoms with Crippen molar-refractivity contribution < 1.29 is 13.9 Å². The molecule has 2 aromatic carbocycles. The first-order valence-corrected chi connectivity index (χ1v) is 8.12. The zero-order valence-corrected chi connectivity index (χ0v) is 14.1. The van der Waals surface area contributed by atoms with Gasteiger partial charge in [0.2, 0.25) is 0 Å². The molecule has 0 unspecified atom stereocenters. The van der Waals surface area contributed by atoms with E-state index in [-0.39, 0.29) is 11.7 Å². The number of hydrogen-bond donors (Lipinski definition) is 0. The number of aromatic nitrogens is 2. The van der Waals surface area contributed by atoms with Crippen LogP contribution in [0, 0.1) is 11.7 Å². The van der Waals surface area contributed by atoms with Gasteiger partial charge in [0, 0.05) is 11.8 Å². The fraction of sp³-hybridized carbons (Fsp3) is 0.200. The van der Waals surface area contributed by atoms with Gasteiger partial charge in [0.1, 0.15) is 17.1 Å². The molecule has 0 saturated carbocycles. The van der Waals surface area contributed by atoms with Crippen LogP contribution in [0.25, 0.3) is 16.9 Å². The minimum Gasteiger partial charge on any atom is -0.462 e. The summed E-state index contributed by atoms with van der Waals surface area (Å²) in [5.41, 5.74) is 2.31. The Morgan fingerprint density at radius 1 is 1.12 bits per heavy atom. The molecule has 0 saturated heterocycles. The van der Waals surface area contributed by atoms with Gasteiger partial charge in [-0.05, 0) is 42.3 Å². The predicted molar refractivity (Wildman–Crippen MR) is 94.1 cm³/mol. The van der Waals surface area contributed by atoms with E-state index in [1.807, 2.05) is 44.2 Å². The molecule has 0 spiro atoms. The fourth-order valence-corrected chi connectivity index (χ4v) is 2.38. The average molecular weight is 338 g/mol. The first-order valence-electron chi connectivity index (χ1n) is 8.12. The molecule has 0 amide bonds. The highest BCUT2D eigenvalue weighted by Gasteiger charge is 2.20. The summed E-state index contributed by atoms with van der Waals surface area (Å²) in [6, 6.07) is 15.4. The van der Waals surface area contributed by atoms with Crippen LogP contribution in [0.4, 0.5) is 4.39 Å².